The molecule has 0 saturated heterocycles. The highest BCUT2D eigenvalue weighted by molar-refractivity contribution is 5.68. The van der Waals surface area contributed by atoms with E-state index in [1.807, 2.05) is 13.8 Å². The summed E-state index contributed by atoms with van der Waals surface area (Å²) in [6, 6.07) is 1.68. The van der Waals surface area contributed by atoms with Gasteiger partial charge in [0.25, 0.3) is 0 Å². The van der Waals surface area contributed by atoms with E-state index in [4.69, 9.17) is 13.9 Å². The second-order valence-corrected chi connectivity index (χ2v) is 10.8. The number of carbonyl (C=O) groups excluding carboxylic acids is 2. The molecule has 8 heteroatoms. The van der Waals surface area contributed by atoms with Crippen molar-refractivity contribution in [3.8, 4) is 0 Å². The summed E-state index contributed by atoms with van der Waals surface area (Å²) in [6.07, 6.45) is -0.590. The van der Waals surface area contributed by atoms with E-state index in [1.165, 1.54) is 20.1 Å². The van der Waals surface area contributed by atoms with Gasteiger partial charge < -0.3 is 29.2 Å². The molecule has 0 aromatic carbocycles. The Hall–Kier alpha value is -1.90. The fourth-order valence-electron chi connectivity index (χ4n) is 7.26. The number of fused-ring (bicyclic) bond motifs is 4. The van der Waals surface area contributed by atoms with Gasteiger partial charge >= 0.3 is 11.9 Å². The minimum Gasteiger partial charge on any atom is -0.469 e. The Bertz CT molecular complexity index is 932. The number of rotatable bonds is 2. The molecule has 2 fully saturated rings. The Morgan fingerprint density at radius 2 is 1.72 bits per heavy atom. The fourth-order valence-corrected chi connectivity index (χ4v) is 7.26. The average molecular weight is 451 g/mol. The van der Waals surface area contributed by atoms with Crippen molar-refractivity contribution < 1.29 is 38.8 Å². The number of esters is 2. The normalized spacial score (nSPS) is 44.6. The SMILES string of the molecule is CC(=O)OC1C2C(Cc3occc3C2(C)O)C2(C)C(O)CCC(C)(C)C2(O)C1OC(C)=O. The molecular weight excluding hydrogens is 416 g/mol. The topological polar surface area (TPSA) is 126 Å². The van der Waals surface area contributed by atoms with Gasteiger partial charge in [0.15, 0.2) is 6.10 Å². The molecule has 2 saturated carbocycles. The monoisotopic (exact) mass is 450 g/mol. The van der Waals surface area contributed by atoms with E-state index in [2.05, 4.69) is 0 Å². The van der Waals surface area contributed by atoms with E-state index < -0.39 is 64.1 Å². The van der Waals surface area contributed by atoms with Gasteiger partial charge in [-0.2, -0.15) is 0 Å². The first-order chi connectivity index (χ1) is 14.7. The molecule has 0 aliphatic heterocycles. The highest BCUT2D eigenvalue weighted by Gasteiger charge is 2.77. The first kappa shape index (κ1) is 23.3. The molecule has 8 atom stereocenters. The summed E-state index contributed by atoms with van der Waals surface area (Å²) in [5, 5.41) is 35.7. The first-order valence-electron chi connectivity index (χ1n) is 11.2. The molecule has 0 radical (unpaired) electrons. The summed E-state index contributed by atoms with van der Waals surface area (Å²) in [6.45, 7) is 9.64. The van der Waals surface area contributed by atoms with Crippen molar-refractivity contribution in [1.82, 2.24) is 0 Å². The second kappa shape index (κ2) is 7.05. The maximum atomic E-state index is 12.5. The third-order valence-corrected chi connectivity index (χ3v) is 8.80. The first-order valence-corrected chi connectivity index (χ1v) is 11.2. The molecule has 1 aromatic heterocycles. The summed E-state index contributed by atoms with van der Waals surface area (Å²) < 4.78 is 17.1. The summed E-state index contributed by atoms with van der Waals surface area (Å²) in [5.41, 5.74) is -4.68. The number of hydrogen-bond donors (Lipinski definition) is 3. The quantitative estimate of drug-likeness (QED) is 0.585. The number of aliphatic hydroxyl groups excluding tert-OH is 1. The van der Waals surface area contributed by atoms with Gasteiger partial charge in [0.1, 0.15) is 17.5 Å². The van der Waals surface area contributed by atoms with E-state index in [1.54, 1.807) is 19.9 Å². The molecule has 0 bridgehead atoms. The maximum Gasteiger partial charge on any atom is 0.303 e. The lowest BCUT2D eigenvalue weighted by Crippen LogP contribution is -2.81. The molecule has 0 amide bonds. The van der Waals surface area contributed by atoms with E-state index in [-0.39, 0.29) is 0 Å². The molecule has 8 unspecified atom stereocenters. The molecule has 0 spiro atoms. The predicted octanol–water partition coefficient (Wildman–Crippen LogP) is 2.07. The Balaban J connectivity index is 2.03. The summed E-state index contributed by atoms with van der Waals surface area (Å²) in [5.74, 6) is -1.96. The van der Waals surface area contributed by atoms with Crippen LogP contribution in [-0.4, -0.2) is 51.2 Å². The Labute approximate surface area is 187 Å². The minimum atomic E-state index is -1.75. The lowest BCUT2D eigenvalue weighted by Gasteiger charge is -2.70. The van der Waals surface area contributed by atoms with E-state index in [0.717, 1.165) is 0 Å². The van der Waals surface area contributed by atoms with E-state index in [9.17, 15) is 24.9 Å². The molecule has 4 rings (SSSR count). The van der Waals surface area contributed by atoms with Crippen molar-refractivity contribution in [2.24, 2.45) is 22.7 Å². The maximum absolute atomic E-state index is 12.5. The molecule has 3 aliphatic rings. The molecule has 32 heavy (non-hydrogen) atoms. The zero-order chi connectivity index (χ0) is 23.9. The molecule has 178 valence electrons. The van der Waals surface area contributed by atoms with Crippen molar-refractivity contribution in [1.29, 1.82) is 0 Å². The molecule has 3 N–H and O–H groups in total. The van der Waals surface area contributed by atoms with Crippen LogP contribution in [0.2, 0.25) is 0 Å². The van der Waals surface area contributed by atoms with Gasteiger partial charge in [-0.1, -0.05) is 20.8 Å². The third kappa shape index (κ3) is 2.78. The zero-order valence-electron chi connectivity index (χ0n) is 19.5. The highest BCUT2D eigenvalue weighted by atomic mass is 16.6. The van der Waals surface area contributed by atoms with Crippen LogP contribution in [0, 0.1) is 22.7 Å². The third-order valence-electron chi connectivity index (χ3n) is 8.80. The molecule has 1 heterocycles. The van der Waals surface area contributed by atoms with Gasteiger partial charge in [-0.3, -0.25) is 9.59 Å². The van der Waals surface area contributed by atoms with Crippen LogP contribution in [-0.2, 0) is 31.1 Å². The van der Waals surface area contributed by atoms with Gasteiger partial charge in [0.2, 0.25) is 0 Å². The standard InChI is InChI=1S/C24H34O8/c1-12(25)31-19-18-15(11-16-14(8-10-30-16)23(18,6)28)22(5)17(27)7-9-21(3,4)24(22,29)20(19)32-13(2)26/h8,10,15,17-20,27-29H,7,9,11H2,1-6H3. The molecule has 3 aliphatic carbocycles. The summed E-state index contributed by atoms with van der Waals surface area (Å²) in [7, 11) is 0. The van der Waals surface area contributed by atoms with Gasteiger partial charge in [0, 0.05) is 37.2 Å². The summed E-state index contributed by atoms with van der Waals surface area (Å²) >= 11 is 0. The van der Waals surface area contributed by atoms with Gasteiger partial charge in [-0.05, 0) is 37.2 Å². The number of carbonyl (C=O) groups is 2. The van der Waals surface area contributed by atoms with Crippen LogP contribution in [0.25, 0.3) is 0 Å². The Kier molecular flexibility index (Phi) is 5.12. The molecule has 8 nitrogen and oxygen atoms in total. The number of hydrogen-bond acceptors (Lipinski definition) is 8. The minimum absolute atomic E-state index is 0.333. The smallest absolute Gasteiger partial charge is 0.303 e. The van der Waals surface area contributed by atoms with Crippen molar-refractivity contribution in [2.75, 3.05) is 0 Å². The molecule has 1 aromatic rings. The van der Waals surface area contributed by atoms with Crippen LogP contribution < -0.4 is 0 Å². The van der Waals surface area contributed by atoms with Crippen LogP contribution in [0.1, 0.15) is 65.7 Å². The van der Waals surface area contributed by atoms with Crippen LogP contribution in [0.3, 0.4) is 0 Å². The predicted molar refractivity (Wildman–Crippen MR) is 112 cm³/mol. The van der Waals surface area contributed by atoms with Gasteiger partial charge in [0.05, 0.1) is 18.0 Å². The number of furan rings is 1. The van der Waals surface area contributed by atoms with Crippen LogP contribution in [0.15, 0.2) is 16.7 Å². The van der Waals surface area contributed by atoms with Crippen molar-refractivity contribution in [3.63, 3.8) is 0 Å². The lowest BCUT2D eigenvalue weighted by molar-refractivity contribution is -0.350. The van der Waals surface area contributed by atoms with Crippen LogP contribution in [0.4, 0.5) is 0 Å². The average Bonchev–Trinajstić information content (AvgIpc) is 3.15. The van der Waals surface area contributed by atoms with Crippen molar-refractivity contribution >= 4 is 11.9 Å². The number of ether oxygens (including phenoxy) is 2. The largest absolute Gasteiger partial charge is 0.469 e. The second-order valence-electron chi connectivity index (χ2n) is 10.8. The summed E-state index contributed by atoms with van der Waals surface area (Å²) in [4.78, 5) is 24.4. The number of aliphatic hydroxyl groups is 3. The molecular formula is C24H34O8. The van der Waals surface area contributed by atoms with Crippen molar-refractivity contribution in [3.05, 3.63) is 23.7 Å². The van der Waals surface area contributed by atoms with Crippen LogP contribution in [0.5, 0.6) is 0 Å². The van der Waals surface area contributed by atoms with Gasteiger partial charge in [-0.15, -0.1) is 0 Å². The van der Waals surface area contributed by atoms with Crippen LogP contribution >= 0.6 is 0 Å². The van der Waals surface area contributed by atoms with Gasteiger partial charge in [-0.25, -0.2) is 0 Å². The fraction of sp³-hybridized carbons (Fsp3) is 0.750. The van der Waals surface area contributed by atoms with E-state index in [0.29, 0.717) is 30.6 Å². The Morgan fingerprint density at radius 1 is 1.09 bits per heavy atom. The van der Waals surface area contributed by atoms with E-state index >= 15 is 0 Å². The zero-order valence-corrected chi connectivity index (χ0v) is 19.5. The highest BCUT2D eigenvalue weighted by Crippen LogP contribution is 2.68. The Morgan fingerprint density at radius 3 is 2.31 bits per heavy atom. The van der Waals surface area contributed by atoms with Crippen molar-refractivity contribution in [2.45, 2.75) is 90.3 Å². The lowest BCUT2D eigenvalue weighted by atomic mass is 9.38.